The zero-order valence-corrected chi connectivity index (χ0v) is 26.7. The van der Waals surface area contributed by atoms with Crippen LogP contribution in [0.2, 0.25) is 0 Å². The Morgan fingerprint density at radius 1 is 1.00 bits per heavy atom. The molecule has 6 rings (SSSR count). The number of fused-ring (bicyclic) bond motifs is 1. The van der Waals surface area contributed by atoms with Crippen molar-refractivity contribution in [3.8, 4) is 16.9 Å². The Hall–Kier alpha value is -2.92. The van der Waals surface area contributed by atoms with Crippen molar-refractivity contribution in [3.05, 3.63) is 87.2 Å². The fourth-order valence-electron chi connectivity index (χ4n) is 6.05. The second kappa shape index (κ2) is 13.6. The molecule has 4 aromatic rings. The number of nitrogens with one attached hydrogen (secondary N) is 2. The molecule has 2 aliphatic heterocycles. The van der Waals surface area contributed by atoms with Crippen LogP contribution in [0, 0.1) is 0 Å². The van der Waals surface area contributed by atoms with Gasteiger partial charge in [0.1, 0.15) is 11.9 Å². The first-order valence-electron chi connectivity index (χ1n) is 15.1. The van der Waals surface area contributed by atoms with Gasteiger partial charge in [-0.1, -0.05) is 30.3 Å². The molecule has 0 spiro atoms. The molecule has 2 N–H and O–H groups in total. The van der Waals surface area contributed by atoms with Crippen LogP contribution in [-0.2, 0) is 23.9 Å². The Morgan fingerprint density at radius 3 is 2.45 bits per heavy atom. The van der Waals surface area contributed by atoms with Gasteiger partial charge in [-0.25, -0.2) is 0 Å². The molecule has 10 heteroatoms. The number of piperidine rings is 2. The number of benzene rings is 3. The van der Waals surface area contributed by atoms with Crippen molar-refractivity contribution in [2.24, 2.45) is 0 Å². The van der Waals surface area contributed by atoms with Crippen molar-refractivity contribution in [2.75, 3.05) is 26.2 Å². The number of hydrogen-bond acceptors (Lipinski definition) is 5. The first-order valence-corrected chi connectivity index (χ1v) is 16.7. The van der Waals surface area contributed by atoms with E-state index in [4.69, 9.17) is 4.74 Å². The zero-order chi connectivity index (χ0) is 30.7. The summed E-state index contributed by atoms with van der Waals surface area (Å²) in [7, 11) is 0. The lowest BCUT2D eigenvalue weighted by Crippen LogP contribution is -2.44. The summed E-state index contributed by atoms with van der Waals surface area (Å²) in [5, 5.41) is 7.54. The summed E-state index contributed by atoms with van der Waals surface area (Å²) in [6.07, 6.45) is 0.0221. The van der Waals surface area contributed by atoms with E-state index in [1.165, 1.54) is 17.7 Å². The van der Waals surface area contributed by atoms with E-state index in [2.05, 4.69) is 49.7 Å². The maximum atomic E-state index is 13.0. The lowest BCUT2D eigenvalue weighted by molar-refractivity contribution is -0.137. The molecule has 2 fully saturated rings. The molecule has 1 aromatic heterocycles. The smallest absolute Gasteiger partial charge is 0.416 e. The molecule has 2 saturated heterocycles. The first kappa shape index (κ1) is 31.1. The van der Waals surface area contributed by atoms with E-state index in [1.807, 2.05) is 24.3 Å². The number of halogens is 4. The van der Waals surface area contributed by atoms with Crippen LogP contribution in [0.4, 0.5) is 13.2 Å². The van der Waals surface area contributed by atoms with Crippen molar-refractivity contribution in [3.63, 3.8) is 0 Å². The van der Waals surface area contributed by atoms with E-state index in [0.717, 1.165) is 107 Å². The summed E-state index contributed by atoms with van der Waals surface area (Å²) < 4.78 is 47.3. The molecule has 1 amide bonds. The van der Waals surface area contributed by atoms with Gasteiger partial charge in [-0.15, -0.1) is 11.3 Å². The monoisotopic (exact) mass is 685 g/mol. The number of nitrogens with zero attached hydrogens (tertiary/aromatic N) is 1. The average Bonchev–Trinajstić information content (AvgIpc) is 3.42. The van der Waals surface area contributed by atoms with E-state index in [-0.39, 0.29) is 24.5 Å². The van der Waals surface area contributed by atoms with Gasteiger partial charge in [0.2, 0.25) is 5.91 Å². The number of amides is 1. The fraction of sp³-hybridized carbons (Fsp3) is 0.382. The van der Waals surface area contributed by atoms with Gasteiger partial charge in [0.15, 0.2) is 0 Å². The molecule has 0 aliphatic carbocycles. The number of ether oxygens (including phenoxy) is 1. The van der Waals surface area contributed by atoms with Crippen LogP contribution in [0.25, 0.3) is 21.2 Å². The summed E-state index contributed by atoms with van der Waals surface area (Å²) in [6, 6.07) is 19.5. The van der Waals surface area contributed by atoms with Crippen LogP contribution in [0.1, 0.15) is 41.7 Å². The minimum Gasteiger partial charge on any atom is -0.489 e. The van der Waals surface area contributed by atoms with E-state index in [1.54, 1.807) is 11.3 Å². The lowest BCUT2D eigenvalue weighted by atomic mass is 10.0. The molecule has 0 radical (unpaired) electrons. The number of likely N-dealkylation sites (tertiary alicyclic amines) is 1. The molecule has 3 aromatic carbocycles. The second-order valence-electron chi connectivity index (χ2n) is 11.6. The van der Waals surface area contributed by atoms with Gasteiger partial charge in [0.05, 0.1) is 16.5 Å². The van der Waals surface area contributed by atoms with Gasteiger partial charge < -0.3 is 15.4 Å². The van der Waals surface area contributed by atoms with Crippen LogP contribution in [0.3, 0.4) is 0 Å². The number of hydrogen-bond donors (Lipinski definition) is 2. The Bertz CT molecular complexity index is 1590. The standard InChI is InChI=1S/C34H35BrF3N3O2S/c35-30-18-22(4-9-31(30)43-26-10-14-39-15-11-26)21-41-16-12-25(13-17-41)40-33(42)20-27-19-29-28(2-1-3-32(29)44-27)23-5-7-24(8-6-23)34(36,37)38/h1-9,18-19,25-26,39H,10-17,20-21H2,(H,40,42). The number of carbonyl (C=O) groups is 1. The van der Waals surface area contributed by atoms with Crippen molar-refractivity contribution in [2.45, 2.75) is 57.0 Å². The second-order valence-corrected chi connectivity index (χ2v) is 13.7. The summed E-state index contributed by atoms with van der Waals surface area (Å²) in [5.41, 5.74) is 2.15. The van der Waals surface area contributed by atoms with Crippen LogP contribution >= 0.6 is 27.3 Å². The molecule has 0 unspecified atom stereocenters. The highest BCUT2D eigenvalue weighted by Gasteiger charge is 2.30. The Kier molecular flexibility index (Phi) is 9.61. The van der Waals surface area contributed by atoms with E-state index >= 15 is 0 Å². The zero-order valence-electron chi connectivity index (χ0n) is 24.3. The maximum Gasteiger partial charge on any atom is 0.416 e. The Balaban J connectivity index is 0.999. The molecular formula is C34H35BrF3N3O2S. The number of carbonyl (C=O) groups excluding carboxylic acids is 1. The fourth-order valence-corrected chi connectivity index (χ4v) is 7.66. The van der Waals surface area contributed by atoms with Crippen LogP contribution in [-0.4, -0.2) is 49.1 Å². The van der Waals surface area contributed by atoms with Gasteiger partial charge in [0.25, 0.3) is 0 Å². The van der Waals surface area contributed by atoms with Crippen LogP contribution < -0.4 is 15.4 Å². The topological polar surface area (TPSA) is 53.6 Å². The highest BCUT2D eigenvalue weighted by atomic mass is 79.9. The number of alkyl halides is 3. The normalized spacial score (nSPS) is 17.2. The Labute approximate surface area is 267 Å². The summed E-state index contributed by atoms with van der Waals surface area (Å²) in [6.45, 7) is 4.68. The SMILES string of the molecule is O=C(Cc1cc2c(-c3ccc(C(F)(F)F)cc3)cccc2s1)NC1CCN(Cc2ccc(OC3CCNCC3)c(Br)c2)CC1. The third-order valence-corrected chi connectivity index (χ3v) is 10.1. The average molecular weight is 687 g/mol. The van der Waals surface area contributed by atoms with E-state index in [0.29, 0.717) is 0 Å². The van der Waals surface area contributed by atoms with Gasteiger partial charge in [-0.05, 0) is 108 Å². The minimum absolute atomic E-state index is 0.000599. The molecule has 2 aliphatic rings. The lowest BCUT2D eigenvalue weighted by Gasteiger charge is -2.32. The number of thiophene rings is 1. The third kappa shape index (κ3) is 7.65. The van der Waals surface area contributed by atoms with Crippen molar-refractivity contribution >= 4 is 43.3 Å². The van der Waals surface area contributed by atoms with Crippen molar-refractivity contribution in [1.29, 1.82) is 0 Å². The van der Waals surface area contributed by atoms with E-state index in [9.17, 15) is 18.0 Å². The highest BCUT2D eigenvalue weighted by Crippen LogP contribution is 2.36. The molecule has 0 saturated carbocycles. The van der Waals surface area contributed by atoms with Crippen LogP contribution in [0.5, 0.6) is 5.75 Å². The van der Waals surface area contributed by atoms with Gasteiger partial charge in [-0.3, -0.25) is 9.69 Å². The molecule has 5 nitrogen and oxygen atoms in total. The minimum atomic E-state index is -4.37. The Morgan fingerprint density at radius 2 is 1.75 bits per heavy atom. The van der Waals surface area contributed by atoms with Gasteiger partial charge in [-0.2, -0.15) is 13.2 Å². The molecule has 3 heterocycles. The van der Waals surface area contributed by atoms with E-state index < -0.39 is 11.7 Å². The largest absolute Gasteiger partial charge is 0.489 e. The third-order valence-electron chi connectivity index (χ3n) is 8.41. The quantitative estimate of drug-likeness (QED) is 0.199. The van der Waals surface area contributed by atoms with Gasteiger partial charge in [0, 0.05) is 40.6 Å². The van der Waals surface area contributed by atoms with Crippen LogP contribution in [0.15, 0.2) is 71.2 Å². The predicted octanol–water partition coefficient (Wildman–Crippen LogP) is 7.80. The van der Waals surface area contributed by atoms with Gasteiger partial charge >= 0.3 is 6.18 Å². The molecular weight excluding hydrogens is 651 g/mol. The first-order chi connectivity index (χ1) is 21.2. The molecule has 232 valence electrons. The highest BCUT2D eigenvalue weighted by molar-refractivity contribution is 9.10. The molecule has 44 heavy (non-hydrogen) atoms. The summed E-state index contributed by atoms with van der Waals surface area (Å²) in [4.78, 5) is 16.3. The predicted molar refractivity (Wildman–Crippen MR) is 173 cm³/mol. The van der Waals surface area contributed by atoms with Crippen molar-refractivity contribution in [1.82, 2.24) is 15.5 Å². The summed E-state index contributed by atoms with van der Waals surface area (Å²) >= 11 is 5.25. The molecule has 0 atom stereocenters. The molecule has 0 bridgehead atoms. The maximum absolute atomic E-state index is 13.0. The summed E-state index contributed by atoms with van der Waals surface area (Å²) in [5.74, 6) is 0.899. The van der Waals surface area contributed by atoms with Crippen molar-refractivity contribution < 1.29 is 22.7 Å². The number of rotatable bonds is 8.